The maximum atomic E-state index is 13.7. The summed E-state index contributed by atoms with van der Waals surface area (Å²) in [7, 11) is 3.72. The molecule has 41 heavy (non-hydrogen) atoms. The van der Waals surface area contributed by atoms with E-state index in [1.54, 1.807) is 48.5 Å². The lowest BCUT2D eigenvalue weighted by Gasteiger charge is -2.16. The van der Waals surface area contributed by atoms with E-state index >= 15 is 0 Å². The fourth-order valence-corrected chi connectivity index (χ4v) is 4.19. The molecule has 1 heterocycles. The molecular weight excluding hydrogens is 536 g/mol. The Balaban J connectivity index is 1.61. The fourth-order valence-electron chi connectivity index (χ4n) is 4.19. The van der Waals surface area contributed by atoms with Crippen LogP contribution < -0.4 is 15.2 Å². The van der Waals surface area contributed by atoms with Crippen LogP contribution in [0.5, 0.6) is 5.75 Å². The standard InChI is InChI=1S/C31H24F4N4O2/c1-38(2)25-14-13-22(28(17-25)41-19-20-7-5-10-24(32)15-20)18-36-39-29(21-8-6-9-23(16-21)31(33,34)35)37-27-12-4-3-11-26(27)30(39)40/h3-18H,19H2,1-2H3. The van der Waals surface area contributed by atoms with Gasteiger partial charge in [0, 0.05) is 37.0 Å². The number of rotatable bonds is 7. The Labute approximate surface area is 232 Å². The van der Waals surface area contributed by atoms with Crippen molar-refractivity contribution in [3.05, 3.63) is 124 Å². The molecule has 0 atom stereocenters. The van der Waals surface area contributed by atoms with E-state index in [2.05, 4.69) is 10.1 Å². The van der Waals surface area contributed by atoms with Gasteiger partial charge in [-0.2, -0.15) is 22.9 Å². The summed E-state index contributed by atoms with van der Waals surface area (Å²) in [5.74, 6) is -0.0324. The number of alkyl halides is 3. The second-order valence-electron chi connectivity index (χ2n) is 9.43. The van der Waals surface area contributed by atoms with Crippen LogP contribution in [0.4, 0.5) is 23.2 Å². The summed E-state index contributed by atoms with van der Waals surface area (Å²) in [6.45, 7) is 0.0719. The highest BCUT2D eigenvalue weighted by atomic mass is 19.4. The van der Waals surface area contributed by atoms with Crippen LogP contribution in [0.3, 0.4) is 0 Å². The minimum atomic E-state index is -4.58. The Morgan fingerprint density at radius 3 is 2.49 bits per heavy atom. The Morgan fingerprint density at radius 2 is 1.73 bits per heavy atom. The number of nitrogens with zero attached hydrogens (tertiary/aromatic N) is 4. The van der Waals surface area contributed by atoms with Crippen LogP contribution in [-0.2, 0) is 12.8 Å². The molecule has 0 radical (unpaired) electrons. The molecule has 0 amide bonds. The van der Waals surface area contributed by atoms with Crippen LogP contribution in [0.1, 0.15) is 16.7 Å². The molecule has 10 heteroatoms. The van der Waals surface area contributed by atoms with E-state index in [0.29, 0.717) is 22.4 Å². The van der Waals surface area contributed by atoms with Crippen molar-refractivity contribution in [2.24, 2.45) is 5.10 Å². The third-order valence-electron chi connectivity index (χ3n) is 6.31. The lowest BCUT2D eigenvalue weighted by Crippen LogP contribution is -2.20. The largest absolute Gasteiger partial charge is 0.488 e. The molecule has 0 aliphatic heterocycles. The minimum Gasteiger partial charge on any atom is -0.488 e. The average Bonchev–Trinajstić information content (AvgIpc) is 2.95. The second-order valence-corrected chi connectivity index (χ2v) is 9.43. The first-order valence-electron chi connectivity index (χ1n) is 12.5. The van der Waals surface area contributed by atoms with E-state index in [1.165, 1.54) is 30.5 Å². The van der Waals surface area contributed by atoms with Gasteiger partial charge in [0.05, 0.1) is 22.7 Å². The Morgan fingerprint density at radius 1 is 0.951 bits per heavy atom. The number of anilines is 1. The van der Waals surface area contributed by atoms with Crippen molar-refractivity contribution in [1.29, 1.82) is 0 Å². The van der Waals surface area contributed by atoms with E-state index < -0.39 is 17.3 Å². The summed E-state index contributed by atoms with van der Waals surface area (Å²) in [5.41, 5.74) is 0.903. The van der Waals surface area contributed by atoms with Gasteiger partial charge in [-0.1, -0.05) is 36.4 Å². The molecule has 208 valence electrons. The maximum absolute atomic E-state index is 13.7. The highest BCUT2D eigenvalue weighted by Crippen LogP contribution is 2.32. The van der Waals surface area contributed by atoms with Crippen LogP contribution in [-0.4, -0.2) is 30.0 Å². The molecule has 5 aromatic rings. The Bertz CT molecular complexity index is 1810. The van der Waals surface area contributed by atoms with E-state index in [0.717, 1.165) is 22.5 Å². The summed E-state index contributed by atoms with van der Waals surface area (Å²) in [6, 6.07) is 22.5. The van der Waals surface area contributed by atoms with Crippen molar-refractivity contribution >= 4 is 22.8 Å². The van der Waals surface area contributed by atoms with Crippen molar-refractivity contribution in [1.82, 2.24) is 9.66 Å². The first-order valence-corrected chi connectivity index (χ1v) is 12.5. The quantitative estimate of drug-likeness (QED) is 0.163. The number of para-hydroxylation sites is 1. The Kier molecular flexibility index (Phi) is 7.56. The van der Waals surface area contributed by atoms with Crippen molar-refractivity contribution in [3.8, 4) is 17.1 Å². The fraction of sp³-hybridized carbons (Fsp3) is 0.129. The van der Waals surface area contributed by atoms with Gasteiger partial charge in [0.15, 0.2) is 5.82 Å². The summed E-state index contributed by atoms with van der Waals surface area (Å²) in [5, 5.41) is 4.64. The zero-order chi connectivity index (χ0) is 29.1. The minimum absolute atomic E-state index is 0.0526. The van der Waals surface area contributed by atoms with Crippen molar-refractivity contribution < 1.29 is 22.3 Å². The lowest BCUT2D eigenvalue weighted by atomic mass is 10.1. The highest BCUT2D eigenvalue weighted by Gasteiger charge is 2.31. The number of benzene rings is 4. The van der Waals surface area contributed by atoms with E-state index in [9.17, 15) is 22.4 Å². The normalized spacial score (nSPS) is 11.8. The summed E-state index contributed by atoms with van der Waals surface area (Å²) >= 11 is 0. The zero-order valence-electron chi connectivity index (χ0n) is 22.1. The number of fused-ring (bicyclic) bond motifs is 1. The van der Waals surface area contributed by atoms with Crippen molar-refractivity contribution in [3.63, 3.8) is 0 Å². The average molecular weight is 561 g/mol. The molecule has 0 spiro atoms. The molecule has 0 aliphatic carbocycles. The first-order chi connectivity index (χ1) is 19.6. The number of hydrogen-bond acceptors (Lipinski definition) is 5. The molecule has 0 bridgehead atoms. The molecule has 0 unspecified atom stereocenters. The van der Waals surface area contributed by atoms with Gasteiger partial charge in [0.1, 0.15) is 18.2 Å². The monoisotopic (exact) mass is 560 g/mol. The van der Waals surface area contributed by atoms with Gasteiger partial charge in [0.2, 0.25) is 0 Å². The van der Waals surface area contributed by atoms with Crippen LogP contribution >= 0.6 is 0 Å². The number of hydrogen-bond donors (Lipinski definition) is 0. The van der Waals surface area contributed by atoms with Crippen molar-refractivity contribution in [2.45, 2.75) is 12.8 Å². The summed E-state index contributed by atoms with van der Waals surface area (Å²) in [4.78, 5) is 19.9. The molecule has 6 nitrogen and oxygen atoms in total. The first kappa shape index (κ1) is 27.6. The molecule has 0 saturated heterocycles. The molecule has 1 aromatic heterocycles. The maximum Gasteiger partial charge on any atom is 0.416 e. The smallest absolute Gasteiger partial charge is 0.416 e. The molecule has 0 saturated carbocycles. The molecule has 4 aromatic carbocycles. The van der Waals surface area contributed by atoms with Crippen LogP contribution in [0.25, 0.3) is 22.3 Å². The van der Waals surface area contributed by atoms with Crippen molar-refractivity contribution in [2.75, 3.05) is 19.0 Å². The highest BCUT2D eigenvalue weighted by molar-refractivity contribution is 5.85. The van der Waals surface area contributed by atoms with Gasteiger partial charge >= 0.3 is 6.18 Å². The predicted molar refractivity (Wildman–Crippen MR) is 151 cm³/mol. The molecular formula is C31H24F4N4O2. The van der Waals surface area contributed by atoms with Crippen LogP contribution in [0, 0.1) is 5.82 Å². The number of halogens is 4. The van der Waals surface area contributed by atoms with Crippen LogP contribution in [0.2, 0.25) is 0 Å². The SMILES string of the molecule is CN(C)c1ccc(C=Nn2c(-c3cccc(C(F)(F)F)c3)nc3ccccc3c2=O)c(OCc2cccc(F)c2)c1. The zero-order valence-corrected chi connectivity index (χ0v) is 22.1. The molecule has 0 fully saturated rings. The molecule has 0 N–H and O–H groups in total. The van der Waals surface area contributed by atoms with Gasteiger partial charge in [-0.25, -0.2) is 9.37 Å². The van der Waals surface area contributed by atoms with E-state index in [4.69, 9.17) is 4.74 Å². The van der Waals surface area contributed by atoms with Gasteiger partial charge in [-0.3, -0.25) is 4.79 Å². The van der Waals surface area contributed by atoms with Gasteiger partial charge in [-0.05, 0) is 54.1 Å². The predicted octanol–water partition coefficient (Wildman–Crippen LogP) is 6.75. The number of aromatic nitrogens is 2. The summed E-state index contributed by atoms with van der Waals surface area (Å²) in [6.07, 6.45) is -3.20. The summed E-state index contributed by atoms with van der Waals surface area (Å²) < 4.78 is 61.1. The molecule has 0 aliphatic rings. The lowest BCUT2D eigenvalue weighted by molar-refractivity contribution is -0.137. The second kappa shape index (κ2) is 11.2. The van der Waals surface area contributed by atoms with E-state index in [-0.39, 0.29) is 29.2 Å². The topological polar surface area (TPSA) is 59.7 Å². The van der Waals surface area contributed by atoms with E-state index in [1.807, 2.05) is 25.1 Å². The third kappa shape index (κ3) is 6.11. The van der Waals surface area contributed by atoms with Crippen LogP contribution in [0.15, 0.2) is 101 Å². The third-order valence-corrected chi connectivity index (χ3v) is 6.31. The van der Waals surface area contributed by atoms with Gasteiger partial charge in [-0.15, -0.1) is 0 Å². The van der Waals surface area contributed by atoms with Gasteiger partial charge < -0.3 is 9.64 Å². The molecule has 5 rings (SSSR count). The Hall–Kier alpha value is -4.99. The number of ether oxygens (including phenoxy) is 1. The van der Waals surface area contributed by atoms with Gasteiger partial charge in [0.25, 0.3) is 5.56 Å².